The molecular formula is C23H29N4O2+. The molecule has 0 spiro atoms. The number of aryl methyl sites for hydroxylation is 1. The first kappa shape index (κ1) is 20.7. The molecule has 1 aromatic heterocycles. The lowest BCUT2D eigenvalue weighted by atomic mass is 10.1. The van der Waals surface area contributed by atoms with Crippen molar-refractivity contribution in [2.75, 3.05) is 18.4 Å². The number of hydrogen-bond acceptors (Lipinski definition) is 5. The summed E-state index contributed by atoms with van der Waals surface area (Å²) < 4.78 is 5.95. The zero-order valence-electron chi connectivity index (χ0n) is 17.1. The average Bonchev–Trinajstić information content (AvgIpc) is 2.77. The maximum atomic E-state index is 12.5. The van der Waals surface area contributed by atoms with Gasteiger partial charge in [-0.2, -0.15) is 0 Å². The minimum absolute atomic E-state index is 0.0456. The van der Waals surface area contributed by atoms with Crippen molar-refractivity contribution in [1.82, 2.24) is 10.3 Å². The van der Waals surface area contributed by atoms with E-state index in [2.05, 4.69) is 21.7 Å². The van der Waals surface area contributed by atoms with E-state index >= 15 is 0 Å². The van der Waals surface area contributed by atoms with Gasteiger partial charge >= 0.3 is 0 Å². The fraction of sp³-hybridized carbons (Fsp3) is 0.391. The number of fused-ring (bicyclic) bond motifs is 1. The van der Waals surface area contributed by atoms with Crippen LogP contribution >= 0.6 is 0 Å². The molecular weight excluding hydrogens is 364 g/mol. The number of rotatable bonds is 9. The molecule has 0 bridgehead atoms. The van der Waals surface area contributed by atoms with Gasteiger partial charge in [0.1, 0.15) is 23.7 Å². The molecule has 0 fully saturated rings. The number of para-hydroxylation sites is 1. The summed E-state index contributed by atoms with van der Waals surface area (Å²) in [5.41, 5.74) is 2.59. The Morgan fingerprint density at radius 1 is 1.34 bits per heavy atom. The van der Waals surface area contributed by atoms with Crippen LogP contribution in [0.25, 0.3) is 0 Å². The molecule has 1 unspecified atom stereocenters. The van der Waals surface area contributed by atoms with Crippen LogP contribution in [0.2, 0.25) is 0 Å². The van der Waals surface area contributed by atoms with E-state index in [1.54, 1.807) is 12.1 Å². The normalized spacial score (nSPS) is 13.6. The molecule has 6 nitrogen and oxygen atoms in total. The number of hydrogen-bond donors (Lipinski definition) is 3. The first-order chi connectivity index (χ1) is 14.1. The molecule has 1 aliphatic heterocycles. The molecule has 0 saturated carbocycles. The van der Waals surface area contributed by atoms with E-state index in [0.29, 0.717) is 24.3 Å². The molecule has 6 heteroatoms. The third kappa shape index (κ3) is 5.28. The maximum Gasteiger partial charge on any atom is 0.269 e. The van der Waals surface area contributed by atoms with Crippen LogP contribution in [0, 0.1) is 11.8 Å². The van der Waals surface area contributed by atoms with Gasteiger partial charge in [-0.05, 0) is 36.6 Å². The van der Waals surface area contributed by atoms with Crippen LogP contribution in [0.5, 0.6) is 5.75 Å². The number of carbonyl (C=O) groups excluding carboxylic acids is 1. The average molecular weight is 394 g/mol. The molecule has 0 aliphatic carbocycles. The lowest BCUT2D eigenvalue weighted by Gasteiger charge is -2.17. The summed E-state index contributed by atoms with van der Waals surface area (Å²) in [7, 11) is 0. The fourth-order valence-electron chi connectivity index (χ4n) is 3.35. The Kier molecular flexibility index (Phi) is 7.11. The minimum Gasteiger partial charge on any atom is -0.450 e. The zero-order valence-corrected chi connectivity index (χ0v) is 17.1. The Morgan fingerprint density at radius 2 is 2.17 bits per heavy atom. The van der Waals surface area contributed by atoms with E-state index in [9.17, 15) is 4.79 Å². The highest BCUT2D eigenvalue weighted by Gasteiger charge is 2.20. The Morgan fingerprint density at radius 3 is 2.97 bits per heavy atom. The van der Waals surface area contributed by atoms with E-state index in [0.717, 1.165) is 37.3 Å². The predicted molar refractivity (Wildman–Crippen MR) is 116 cm³/mol. The van der Waals surface area contributed by atoms with Gasteiger partial charge in [0.05, 0.1) is 6.92 Å². The fourth-order valence-corrected chi connectivity index (χ4v) is 3.35. The smallest absolute Gasteiger partial charge is 0.269 e. The number of anilines is 1. The second kappa shape index (κ2) is 9.96. The van der Waals surface area contributed by atoms with Crippen LogP contribution < -0.4 is 15.4 Å². The van der Waals surface area contributed by atoms with Crippen molar-refractivity contribution in [2.24, 2.45) is 0 Å². The largest absolute Gasteiger partial charge is 0.450 e. The highest BCUT2D eigenvalue weighted by atomic mass is 16.5. The summed E-state index contributed by atoms with van der Waals surface area (Å²) in [6.45, 7) is 5.36. The molecule has 3 rings (SSSR count). The van der Waals surface area contributed by atoms with Crippen molar-refractivity contribution in [3.63, 3.8) is 0 Å². The molecule has 0 saturated heterocycles. The van der Waals surface area contributed by atoms with Crippen LogP contribution in [0.15, 0.2) is 36.4 Å². The van der Waals surface area contributed by atoms with Crippen LogP contribution in [0.3, 0.4) is 0 Å². The quantitative estimate of drug-likeness (QED) is 0.449. The highest BCUT2D eigenvalue weighted by Crippen LogP contribution is 2.22. The molecule has 3 N–H and O–H groups in total. The topological polar surface area (TPSA) is 87.1 Å². The van der Waals surface area contributed by atoms with Crippen molar-refractivity contribution in [3.05, 3.63) is 59.6 Å². The number of ether oxygens (including phenoxy) is 1. The second-order valence-electron chi connectivity index (χ2n) is 7.12. The van der Waals surface area contributed by atoms with E-state index in [1.807, 2.05) is 38.5 Å². The molecule has 1 amide bonds. The molecule has 2 heterocycles. The zero-order chi connectivity index (χ0) is 20.6. The molecule has 1 aliphatic rings. The maximum absolute atomic E-state index is 12.5. The number of pyridine rings is 1. The van der Waals surface area contributed by atoms with Crippen molar-refractivity contribution in [3.8, 4) is 5.75 Å². The summed E-state index contributed by atoms with van der Waals surface area (Å²) >= 11 is 0. The van der Waals surface area contributed by atoms with Crippen LogP contribution in [-0.2, 0) is 17.6 Å². The molecule has 2 aromatic rings. The lowest BCUT2D eigenvalue weighted by Crippen LogP contribution is -2.33. The minimum atomic E-state index is -0.411. The number of nitrogens with zero attached hydrogens (tertiary/aromatic N) is 1. The van der Waals surface area contributed by atoms with Crippen LogP contribution in [0.1, 0.15) is 43.5 Å². The lowest BCUT2D eigenvalue weighted by molar-refractivity contribution is -0.114. The van der Waals surface area contributed by atoms with E-state index < -0.39 is 5.91 Å². The van der Waals surface area contributed by atoms with Crippen LogP contribution in [0.4, 0.5) is 5.82 Å². The van der Waals surface area contributed by atoms with Gasteiger partial charge in [0.2, 0.25) is 6.10 Å². The number of nitrogens with one attached hydrogen (secondary N) is 3. The van der Waals surface area contributed by atoms with E-state index in [4.69, 9.17) is 10.1 Å². The Balaban J connectivity index is 1.58. The summed E-state index contributed by atoms with van der Waals surface area (Å²) in [4.78, 5) is 17.2. The van der Waals surface area contributed by atoms with Crippen molar-refractivity contribution in [2.45, 2.75) is 45.6 Å². The predicted octanol–water partition coefficient (Wildman–Crippen LogP) is 3.55. The van der Waals surface area contributed by atoms with Crippen molar-refractivity contribution >= 4 is 17.4 Å². The summed E-state index contributed by atoms with van der Waals surface area (Å²) in [6.07, 6.45) is 5.56. The Bertz CT molecular complexity index is 862. The second-order valence-corrected chi connectivity index (χ2v) is 7.12. The third-order valence-electron chi connectivity index (χ3n) is 5.05. The molecule has 152 valence electrons. The van der Waals surface area contributed by atoms with Gasteiger partial charge in [-0.25, -0.2) is 4.98 Å². The molecule has 29 heavy (non-hydrogen) atoms. The molecule has 1 atom stereocenters. The summed E-state index contributed by atoms with van der Waals surface area (Å²) in [6, 6.07) is 11.3. The SMILES string of the molecule is C[CH+]C(CC)Oc1ccccc1C(=N)C(=O)NCCc1ccc2c(n1)NCCC2. The standard InChI is InChI=1S/C23H28N4O2/c1-3-18(4-2)29-20-10-6-5-9-19(20)21(24)23(28)26-15-13-17-12-11-16-8-7-14-25-22(16)27-17/h3,5-6,9-12,18,24H,4,7-8,13-15H2,1-2H3,(H-,25,26,27,28)/p+1. The number of carbonyl (C=O) groups is 1. The number of amides is 1. The summed E-state index contributed by atoms with van der Waals surface area (Å²) in [5.74, 6) is 1.10. The van der Waals surface area contributed by atoms with E-state index in [-0.39, 0.29) is 11.8 Å². The van der Waals surface area contributed by atoms with Gasteiger partial charge in [-0.1, -0.05) is 25.1 Å². The first-order valence-electron chi connectivity index (χ1n) is 10.3. The molecule has 1 aromatic carbocycles. The highest BCUT2D eigenvalue weighted by molar-refractivity contribution is 6.44. The van der Waals surface area contributed by atoms with Crippen LogP contribution in [-0.4, -0.2) is 35.8 Å². The monoisotopic (exact) mass is 393 g/mol. The van der Waals surface area contributed by atoms with Gasteiger partial charge < -0.3 is 15.4 Å². The molecule has 0 radical (unpaired) electrons. The first-order valence-corrected chi connectivity index (χ1v) is 10.3. The van der Waals surface area contributed by atoms with Crippen molar-refractivity contribution in [1.29, 1.82) is 5.41 Å². The van der Waals surface area contributed by atoms with Gasteiger partial charge in [0, 0.05) is 37.2 Å². The Hall–Kier alpha value is -3.02. The third-order valence-corrected chi connectivity index (χ3v) is 5.05. The van der Waals surface area contributed by atoms with Gasteiger partial charge in [-0.15, -0.1) is 0 Å². The number of benzene rings is 1. The van der Waals surface area contributed by atoms with Gasteiger partial charge in [0.25, 0.3) is 5.91 Å². The van der Waals surface area contributed by atoms with Gasteiger partial charge in [-0.3, -0.25) is 10.2 Å². The van der Waals surface area contributed by atoms with Gasteiger partial charge in [0.15, 0.2) is 0 Å². The number of aromatic nitrogens is 1. The summed E-state index contributed by atoms with van der Waals surface area (Å²) in [5, 5.41) is 14.5. The van der Waals surface area contributed by atoms with Crippen molar-refractivity contribution < 1.29 is 9.53 Å². The van der Waals surface area contributed by atoms with E-state index in [1.165, 1.54) is 5.56 Å². The Labute approximate surface area is 172 Å².